The Kier molecular flexibility index (Phi) is 4.72. The molecule has 4 rings (SSSR count). The van der Waals surface area contributed by atoms with Gasteiger partial charge in [0.25, 0.3) is 11.5 Å². The first-order valence-corrected chi connectivity index (χ1v) is 9.02. The Morgan fingerprint density at radius 1 is 0.893 bits per heavy atom. The standard InChI is InChI=1S/C23H19N3O2/c1-26-21(25-20-10-6-5-9-19(20)23(26)28)15-24-22(27)18-13-11-17(12-14-18)16-7-3-2-4-8-16/h2-14H,15H2,1H3,(H,24,27). The van der Waals surface area contributed by atoms with E-state index < -0.39 is 0 Å². The third-order valence-electron chi connectivity index (χ3n) is 4.74. The number of para-hydroxylation sites is 1. The summed E-state index contributed by atoms with van der Waals surface area (Å²) in [5.74, 6) is 0.306. The van der Waals surface area contributed by atoms with Crippen LogP contribution in [0.1, 0.15) is 16.2 Å². The van der Waals surface area contributed by atoms with E-state index >= 15 is 0 Å². The summed E-state index contributed by atoms with van der Waals surface area (Å²) in [5.41, 5.74) is 3.22. The summed E-state index contributed by atoms with van der Waals surface area (Å²) < 4.78 is 1.47. The van der Waals surface area contributed by atoms with Crippen LogP contribution in [0.3, 0.4) is 0 Å². The lowest BCUT2D eigenvalue weighted by atomic mass is 10.0. The number of aromatic nitrogens is 2. The van der Waals surface area contributed by atoms with Crippen LogP contribution in [-0.4, -0.2) is 15.5 Å². The molecule has 0 spiro atoms. The average Bonchev–Trinajstić information content (AvgIpc) is 2.76. The van der Waals surface area contributed by atoms with Gasteiger partial charge in [-0.25, -0.2) is 4.98 Å². The first kappa shape index (κ1) is 17.7. The molecule has 0 aliphatic heterocycles. The molecule has 0 aliphatic carbocycles. The molecule has 1 heterocycles. The van der Waals surface area contributed by atoms with E-state index in [9.17, 15) is 9.59 Å². The minimum absolute atomic E-state index is 0.123. The molecule has 5 nitrogen and oxygen atoms in total. The highest BCUT2D eigenvalue weighted by Crippen LogP contribution is 2.19. The topological polar surface area (TPSA) is 64.0 Å². The number of carbonyl (C=O) groups is 1. The molecule has 0 aliphatic rings. The summed E-state index contributed by atoms with van der Waals surface area (Å²) >= 11 is 0. The molecule has 28 heavy (non-hydrogen) atoms. The number of rotatable bonds is 4. The van der Waals surface area contributed by atoms with E-state index in [4.69, 9.17) is 0 Å². The van der Waals surface area contributed by atoms with Gasteiger partial charge in [-0.15, -0.1) is 0 Å². The molecule has 4 aromatic rings. The zero-order chi connectivity index (χ0) is 19.5. The van der Waals surface area contributed by atoms with Gasteiger partial charge in [0.1, 0.15) is 5.82 Å². The first-order valence-electron chi connectivity index (χ1n) is 9.02. The van der Waals surface area contributed by atoms with Crippen molar-refractivity contribution in [1.82, 2.24) is 14.9 Å². The predicted molar refractivity (Wildman–Crippen MR) is 110 cm³/mol. The molecule has 138 valence electrons. The summed E-state index contributed by atoms with van der Waals surface area (Å²) in [4.78, 5) is 29.4. The minimum atomic E-state index is -0.206. The molecule has 0 bridgehead atoms. The summed E-state index contributed by atoms with van der Waals surface area (Å²) in [6.07, 6.45) is 0. The Labute approximate surface area is 162 Å². The molecule has 1 N–H and O–H groups in total. The van der Waals surface area contributed by atoms with Crippen LogP contribution >= 0.6 is 0 Å². The summed E-state index contributed by atoms with van der Waals surface area (Å²) in [5, 5.41) is 3.41. The Balaban J connectivity index is 1.51. The lowest BCUT2D eigenvalue weighted by Gasteiger charge is -2.10. The summed E-state index contributed by atoms with van der Waals surface area (Å²) in [6, 6.07) is 24.6. The van der Waals surface area contributed by atoms with Gasteiger partial charge in [-0.2, -0.15) is 0 Å². The number of hydrogen-bond acceptors (Lipinski definition) is 3. The molecular weight excluding hydrogens is 350 g/mol. The van der Waals surface area contributed by atoms with Crippen molar-refractivity contribution in [2.75, 3.05) is 0 Å². The van der Waals surface area contributed by atoms with Crippen LogP contribution in [0.4, 0.5) is 0 Å². The van der Waals surface area contributed by atoms with Gasteiger partial charge in [0.2, 0.25) is 0 Å². The molecule has 3 aromatic carbocycles. The molecule has 0 saturated carbocycles. The normalized spacial score (nSPS) is 10.8. The van der Waals surface area contributed by atoms with Crippen molar-refractivity contribution < 1.29 is 4.79 Å². The number of nitrogens with zero attached hydrogens (tertiary/aromatic N) is 2. The fourth-order valence-corrected chi connectivity index (χ4v) is 3.13. The van der Waals surface area contributed by atoms with Gasteiger partial charge in [0.05, 0.1) is 17.4 Å². The van der Waals surface area contributed by atoms with Crippen LogP contribution in [0.15, 0.2) is 83.7 Å². The Hall–Kier alpha value is -3.73. The lowest BCUT2D eigenvalue weighted by Crippen LogP contribution is -2.29. The molecule has 1 aromatic heterocycles. The molecule has 0 fully saturated rings. The zero-order valence-corrected chi connectivity index (χ0v) is 15.4. The monoisotopic (exact) mass is 369 g/mol. The van der Waals surface area contributed by atoms with Crippen LogP contribution in [0, 0.1) is 0 Å². The van der Waals surface area contributed by atoms with E-state index in [0.29, 0.717) is 22.3 Å². The van der Waals surface area contributed by atoms with Crippen LogP contribution in [0.2, 0.25) is 0 Å². The maximum absolute atomic E-state index is 12.5. The van der Waals surface area contributed by atoms with E-state index in [0.717, 1.165) is 11.1 Å². The number of fused-ring (bicyclic) bond motifs is 1. The third-order valence-corrected chi connectivity index (χ3v) is 4.74. The SMILES string of the molecule is Cn1c(CNC(=O)c2ccc(-c3ccccc3)cc2)nc2ccccc2c1=O. The van der Waals surface area contributed by atoms with Gasteiger partial charge in [0, 0.05) is 12.6 Å². The Morgan fingerprint density at radius 3 is 2.29 bits per heavy atom. The molecule has 0 radical (unpaired) electrons. The number of amides is 1. The van der Waals surface area contributed by atoms with Crippen molar-refractivity contribution in [3.05, 3.63) is 101 Å². The van der Waals surface area contributed by atoms with Gasteiger partial charge >= 0.3 is 0 Å². The largest absolute Gasteiger partial charge is 0.345 e. The maximum Gasteiger partial charge on any atom is 0.261 e. The fraction of sp³-hybridized carbons (Fsp3) is 0.0870. The molecule has 0 saturated heterocycles. The summed E-state index contributed by atoms with van der Waals surface area (Å²) in [7, 11) is 1.66. The highest BCUT2D eigenvalue weighted by molar-refractivity contribution is 5.94. The third kappa shape index (κ3) is 3.42. The highest BCUT2D eigenvalue weighted by Gasteiger charge is 2.10. The highest BCUT2D eigenvalue weighted by atomic mass is 16.1. The predicted octanol–water partition coefficient (Wildman–Crippen LogP) is 3.53. The number of carbonyl (C=O) groups excluding carboxylic acids is 1. The Bertz CT molecular complexity index is 1200. The smallest absolute Gasteiger partial charge is 0.261 e. The van der Waals surface area contributed by atoms with Crippen molar-refractivity contribution in [1.29, 1.82) is 0 Å². The Morgan fingerprint density at radius 2 is 1.54 bits per heavy atom. The quantitative estimate of drug-likeness (QED) is 0.599. The number of nitrogens with one attached hydrogen (secondary N) is 1. The van der Waals surface area contributed by atoms with E-state index in [1.165, 1.54) is 4.57 Å². The molecule has 0 unspecified atom stereocenters. The van der Waals surface area contributed by atoms with Gasteiger partial charge in [-0.05, 0) is 35.4 Å². The second kappa shape index (κ2) is 7.48. The van der Waals surface area contributed by atoms with E-state index in [-0.39, 0.29) is 18.0 Å². The van der Waals surface area contributed by atoms with Gasteiger partial charge in [0.15, 0.2) is 0 Å². The zero-order valence-electron chi connectivity index (χ0n) is 15.4. The minimum Gasteiger partial charge on any atom is -0.345 e. The van der Waals surface area contributed by atoms with Crippen molar-refractivity contribution in [2.45, 2.75) is 6.54 Å². The van der Waals surface area contributed by atoms with Crippen molar-refractivity contribution in [2.24, 2.45) is 7.05 Å². The fourth-order valence-electron chi connectivity index (χ4n) is 3.13. The first-order chi connectivity index (χ1) is 13.6. The number of benzene rings is 3. The molecule has 1 amide bonds. The summed E-state index contributed by atoms with van der Waals surface area (Å²) in [6.45, 7) is 0.176. The van der Waals surface area contributed by atoms with Crippen molar-refractivity contribution in [3.8, 4) is 11.1 Å². The van der Waals surface area contributed by atoms with Crippen LogP contribution < -0.4 is 10.9 Å². The van der Waals surface area contributed by atoms with Gasteiger partial charge in [-0.1, -0.05) is 54.6 Å². The maximum atomic E-state index is 12.5. The lowest BCUT2D eigenvalue weighted by molar-refractivity contribution is 0.0949. The molecular formula is C23H19N3O2. The van der Waals surface area contributed by atoms with Crippen LogP contribution in [0.25, 0.3) is 22.0 Å². The van der Waals surface area contributed by atoms with E-state index in [2.05, 4.69) is 10.3 Å². The van der Waals surface area contributed by atoms with E-state index in [1.807, 2.05) is 54.6 Å². The van der Waals surface area contributed by atoms with Gasteiger partial charge in [-0.3, -0.25) is 14.2 Å². The van der Waals surface area contributed by atoms with Gasteiger partial charge < -0.3 is 5.32 Å². The molecule has 0 atom stereocenters. The second-order valence-corrected chi connectivity index (χ2v) is 6.54. The van der Waals surface area contributed by atoms with Crippen LogP contribution in [0.5, 0.6) is 0 Å². The second-order valence-electron chi connectivity index (χ2n) is 6.54. The van der Waals surface area contributed by atoms with Crippen LogP contribution in [-0.2, 0) is 13.6 Å². The van der Waals surface area contributed by atoms with Crippen molar-refractivity contribution >= 4 is 16.8 Å². The molecule has 5 heteroatoms. The van der Waals surface area contributed by atoms with E-state index in [1.54, 1.807) is 31.3 Å². The number of hydrogen-bond donors (Lipinski definition) is 1. The van der Waals surface area contributed by atoms with Crippen molar-refractivity contribution in [3.63, 3.8) is 0 Å². The average molecular weight is 369 g/mol.